The van der Waals surface area contributed by atoms with Gasteiger partial charge in [0.2, 0.25) is 5.96 Å². The van der Waals surface area contributed by atoms with E-state index < -0.39 is 11.4 Å². The first-order valence-electron chi connectivity index (χ1n) is 6.78. The molecule has 2 rings (SSSR count). The first kappa shape index (κ1) is 14.7. The third-order valence-corrected chi connectivity index (χ3v) is 3.93. The van der Waals surface area contributed by atoms with Crippen molar-refractivity contribution in [2.45, 2.75) is 32.3 Å². The van der Waals surface area contributed by atoms with Crippen molar-refractivity contribution in [1.82, 2.24) is 9.47 Å². The molecule has 0 radical (unpaired) electrons. The van der Waals surface area contributed by atoms with E-state index in [1.165, 1.54) is 16.7 Å². The maximum absolute atomic E-state index is 13.2. The predicted octanol–water partition coefficient (Wildman–Crippen LogP) is 1.37. The molecule has 1 aromatic rings. The molecule has 0 unspecified atom stereocenters. The van der Waals surface area contributed by atoms with E-state index in [1.807, 2.05) is 18.7 Å². The van der Waals surface area contributed by atoms with E-state index in [-0.39, 0.29) is 17.4 Å². The van der Waals surface area contributed by atoms with Crippen molar-refractivity contribution in [1.29, 1.82) is 10.8 Å². The van der Waals surface area contributed by atoms with Gasteiger partial charge in [0.25, 0.3) is 0 Å². The molecule has 0 spiro atoms. The number of piperidine rings is 1. The number of hydrogen-bond donors (Lipinski definition) is 3. The minimum absolute atomic E-state index is 0.0843. The van der Waals surface area contributed by atoms with Crippen molar-refractivity contribution in [3.63, 3.8) is 0 Å². The molecular formula is C14H21FN4O. The topological polar surface area (TPSA) is 76.1 Å². The van der Waals surface area contributed by atoms with Gasteiger partial charge in [0, 0.05) is 19.3 Å². The highest BCUT2D eigenvalue weighted by atomic mass is 19.1. The molecule has 1 saturated heterocycles. The third-order valence-electron chi connectivity index (χ3n) is 3.93. The molecule has 3 N–H and O–H groups in total. The maximum atomic E-state index is 13.2. The lowest BCUT2D eigenvalue weighted by molar-refractivity contribution is -0.00534. The van der Waals surface area contributed by atoms with Gasteiger partial charge >= 0.3 is 0 Å². The molecule has 1 fully saturated rings. The second-order valence-electron chi connectivity index (χ2n) is 5.84. The van der Waals surface area contributed by atoms with E-state index in [0.29, 0.717) is 13.1 Å². The number of aliphatic hydroxyl groups is 1. The zero-order chi connectivity index (χ0) is 14.9. The quantitative estimate of drug-likeness (QED) is 0.537. The van der Waals surface area contributed by atoms with Crippen LogP contribution < -0.4 is 5.49 Å². The van der Waals surface area contributed by atoms with Crippen LogP contribution in [0.3, 0.4) is 0 Å². The van der Waals surface area contributed by atoms with Gasteiger partial charge in [-0.15, -0.1) is 0 Å². The molecule has 20 heavy (non-hydrogen) atoms. The SMILES string of the molecule is CC(C)(O)C1CCN(C(=N)n2cc(F)ccc2=N)CC1. The van der Waals surface area contributed by atoms with E-state index in [9.17, 15) is 9.50 Å². The number of hydrogen-bond acceptors (Lipinski definition) is 3. The highest BCUT2D eigenvalue weighted by Crippen LogP contribution is 2.27. The average molecular weight is 280 g/mol. The molecule has 0 aliphatic carbocycles. The summed E-state index contributed by atoms with van der Waals surface area (Å²) < 4.78 is 14.5. The summed E-state index contributed by atoms with van der Waals surface area (Å²) in [6, 6.07) is 2.56. The summed E-state index contributed by atoms with van der Waals surface area (Å²) >= 11 is 0. The van der Waals surface area contributed by atoms with Gasteiger partial charge in [0.15, 0.2) is 0 Å². The van der Waals surface area contributed by atoms with Crippen molar-refractivity contribution in [2.75, 3.05) is 13.1 Å². The highest BCUT2D eigenvalue weighted by molar-refractivity contribution is 5.79. The molecule has 5 nitrogen and oxygen atoms in total. The molecule has 1 aliphatic heterocycles. The summed E-state index contributed by atoms with van der Waals surface area (Å²) in [6.45, 7) is 4.89. The molecule has 0 amide bonds. The van der Waals surface area contributed by atoms with Gasteiger partial charge in [-0.2, -0.15) is 0 Å². The van der Waals surface area contributed by atoms with Crippen LogP contribution in [0.25, 0.3) is 0 Å². The Morgan fingerprint density at radius 1 is 1.35 bits per heavy atom. The molecule has 0 saturated carbocycles. The van der Waals surface area contributed by atoms with Gasteiger partial charge in [-0.05, 0) is 44.7 Å². The highest BCUT2D eigenvalue weighted by Gasteiger charge is 2.31. The van der Waals surface area contributed by atoms with E-state index in [4.69, 9.17) is 10.8 Å². The fourth-order valence-electron chi connectivity index (χ4n) is 2.60. The van der Waals surface area contributed by atoms with Crippen LogP contribution in [-0.2, 0) is 0 Å². The lowest BCUT2D eigenvalue weighted by Gasteiger charge is -2.38. The zero-order valence-electron chi connectivity index (χ0n) is 11.9. The molecule has 0 aromatic carbocycles. The maximum Gasteiger partial charge on any atom is 0.203 e. The number of nitrogens with one attached hydrogen (secondary N) is 2. The largest absolute Gasteiger partial charge is 0.390 e. The Morgan fingerprint density at radius 2 is 1.95 bits per heavy atom. The summed E-state index contributed by atoms with van der Waals surface area (Å²) in [4.78, 5) is 1.82. The number of rotatable bonds is 1. The van der Waals surface area contributed by atoms with Crippen LogP contribution in [0.15, 0.2) is 18.3 Å². The van der Waals surface area contributed by atoms with Crippen LogP contribution in [0.2, 0.25) is 0 Å². The Labute approximate surface area is 117 Å². The molecule has 0 atom stereocenters. The van der Waals surface area contributed by atoms with Crippen molar-refractivity contribution in [3.05, 3.63) is 29.6 Å². The number of nitrogens with zero attached hydrogens (tertiary/aromatic N) is 2. The number of likely N-dealkylation sites (tertiary alicyclic amines) is 1. The Balaban J connectivity index is 2.09. The summed E-state index contributed by atoms with van der Waals surface area (Å²) in [6.07, 6.45) is 2.73. The van der Waals surface area contributed by atoms with Crippen LogP contribution in [0.5, 0.6) is 0 Å². The summed E-state index contributed by atoms with van der Waals surface area (Å²) in [5.74, 6) is -0.139. The minimum atomic E-state index is -0.707. The monoisotopic (exact) mass is 280 g/mol. The Bertz CT molecular complexity index is 553. The molecule has 6 heteroatoms. The molecular weight excluding hydrogens is 259 g/mol. The summed E-state index contributed by atoms with van der Waals surface area (Å²) in [5, 5.41) is 25.9. The summed E-state index contributed by atoms with van der Waals surface area (Å²) in [5.41, 5.74) is -0.623. The van der Waals surface area contributed by atoms with Crippen LogP contribution in [-0.4, -0.2) is 39.2 Å². The molecule has 0 bridgehead atoms. The van der Waals surface area contributed by atoms with Crippen LogP contribution in [0.1, 0.15) is 26.7 Å². The fraction of sp³-hybridized carbons (Fsp3) is 0.571. The minimum Gasteiger partial charge on any atom is -0.390 e. The van der Waals surface area contributed by atoms with Crippen molar-refractivity contribution < 1.29 is 9.50 Å². The lowest BCUT2D eigenvalue weighted by Crippen LogP contribution is -2.47. The summed E-state index contributed by atoms with van der Waals surface area (Å²) in [7, 11) is 0. The van der Waals surface area contributed by atoms with Gasteiger partial charge in [0.1, 0.15) is 11.3 Å². The van der Waals surface area contributed by atoms with Crippen LogP contribution in [0, 0.1) is 22.6 Å². The first-order chi connectivity index (χ1) is 9.29. The Hall–Kier alpha value is -1.69. The fourth-order valence-corrected chi connectivity index (χ4v) is 2.60. The predicted molar refractivity (Wildman–Crippen MR) is 74.0 cm³/mol. The van der Waals surface area contributed by atoms with Crippen LogP contribution in [0.4, 0.5) is 4.39 Å². The van der Waals surface area contributed by atoms with Gasteiger partial charge < -0.3 is 10.0 Å². The molecule has 1 aliphatic rings. The van der Waals surface area contributed by atoms with E-state index >= 15 is 0 Å². The first-order valence-corrected chi connectivity index (χ1v) is 6.78. The second kappa shape index (κ2) is 5.36. The Morgan fingerprint density at radius 3 is 2.50 bits per heavy atom. The number of halogens is 1. The third kappa shape index (κ3) is 3.07. The lowest BCUT2D eigenvalue weighted by atomic mass is 9.83. The van der Waals surface area contributed by atoms with E-state index in [0.717, 1.165) is 19.0 Å². The van der Waals surface area contributed by atoms with Crippen LogP contribution >= 0.6 is 0 Å². The smallest absolute Gasteiger partial charge is 0.203 e. The van der Waals surface area contributed by atoms with Gasteiger partial charge in [-0.1, -0.05) is 0 Å². The van der Waals surface area contributed by atoms with Gasteiger partial charge in [-0.3, -0.25) is 15.4 Å². The van der Waals surface area contributed by atoms with E-state index in [2.05, 4.69) is 0 Å². The molecule has 110 valence electrons. The van der Waals surface area contributed by atoms with Crippen molar-refractivity contribution >= 4 is 5.96 Å². The van der Waals surface area contributed by atoms with Crippen molar-refractivity contribution in [2.24, 2.45) is 5.92 Å². The average Bonchev–Trinajstić information content (AvgIpc) is 2.40. The number of pyridine rings is 1. The zero-order valence-corrected chi connectivity index (χ0v) is 11.9. The molecule has 2 heterocycles. The molecule has 1 aromatic heterocycles. The van der Waals surface area contributed by atoms with Crippen molar-refractivity contribution in [3.8, 4) is 0 Å². The number of aromatic nitrogens is 1. The van der Waals surface area contributed by atoms with Gasteiger partial charge in [0.05, 0.1) is 5.60 Å². The standard InChI is InChI=1S/C14H21FN4O/c1-14(2,20)10-5-7-18(8-6-10)13(17)19-9-11(15)3-4-12(19)16/h3-4,9-10,16-17,20H,5-8H2,1-2H3. The normalized spacial score (nSPS) is 17.3. The second-order valence-corrected chi connectivity index (χ2v) is 5.84. The van der Waals surface area contributed by atoms with E-state index in [1.54, 1.807) is 0 Å². The van der Waals surface area contributed by atoms with Gasteiger partial charge in [-0.25, -0.2) is 4.39 Å². The Kier molecular flexibility index (Phi) is 3.94.